The molecule has 0 aliphatic heterocycles. The molecule has 3 aliphatic rings. The summed E-state index contributed by atoms with van der Waals surface area (Å²) >= 11 is 5.63. The molecular formula is C20H34N2S. The predicted octanol–water partition coefficient (Wildman–Crippen LogP) is 5.09. The molecule has 130 valence electrons. The Morgan fingerprint density at radius 3 is 1.87 bits per heavy atom. The van der Waals surface area contributed by atoms with E-state index in [1.54, 1.807) is 0 Å². The Morgan fingerprint density at radius 2 is 1.35 bits per heavy atom. The summed E-state index contributed by atoms with van der Waals surface area (Å²) in [5.74, 6) is 1.53. The highest BCUT2D eigenvalue weighted by atomic mass is 32.1. The quantitative estimate of drug-likeness (QED) is 0.543. The predicted molar refractivity (Wildman–Crippen MR) is 103 cm³/mol. The first-order valence-corrected chi connectivity index (χ1v) is 10.5. The van der Waals surface area contributed by atoms with Crippen LogP contribution in [0, 0.1) is 11.8 Å². The van der Waals surface area contributed by atoms with Crippen molar-refractivity contribution in [3.05, 3.63) is 12.2 Å². The first kappa shape index (κ1) is 17.3. The first-order valence-electron chi connectivity index (χ1n) is 10.1. The number of hydrogen-bond acceptors (Lipinski definition) is 1. The lowest BCUT2D eigenvalue weighted by molar-refractivity contribution is 0.436. The van der Waals surface area contributed by atoms with E-state index >= 15 is 0 Å². The highest BCUT2D eigenvalue weighted by molar-refractivity contribution is 7.80. The van der Waals surface area contributed by atoms with Crippen molar-refractivity contribution in [2.45, 2.75) is 95.6 Å². The second-order valence-corrected chi connectivity index (χ2v) is 8.37. The zero-order valence-electron chi connectivity index (χ0n) is 14.6. The Bertz CT molecular complexity index is 394. The van der Waals surface area contributed by atoms with Gasteiger partial charge >= 0.3 is 0 Å². The SMILES string of the molecule is S=C(NC1CCCCCCCCCCC1)NC1CC2C=CC1C2. The third kappa shape index (κ3) is 5.48. The molecule has 3 atom stereocenters. The number of allylic oxidation sites excluding steroid dienone is 1. The van der Waals surface area contributed by atoms with Gasteiger partial charge in [0.1, 0.15) is 0 Å². The maximum atomic E-state index is 5.63. The number of hydrogen-bond donors (Lipinski definition) is 2. The molecular weight excluding hydrogens is 300 g/mol. The van der Waals surface area contributed by atoms with Crippen molar-refractivity contribution >= 4 is 17.3 Å². The van der Waals surface area contributed by atoms with Crippen LogP contribution < -0.4 is 10.6 Å². The molecule has 2 nitrogen and oxygen atoms in total. The van der Waals surface area contributed by atoms with Gasteiger partial charge in [0.15, 0.2) is 5.11 Å². The zero-order valence-corrected chi connectivity index (χ0v) is 15.4. The summed E-state index contributed by atoms with van der Waals surface area (Å²) in [4.78, 5) is 0. The number of thiocarbonyl (C=S) groups is 1. The van der Waals surface area contributed by atoms with Gasteiger partial charge in [-0.3, -0.25) is 0 Å². The van der Waals surface area contributed by atoms with Gasteiger partial charge in [-0.25, -0.2) is 0 Å². The van der Waals surface area contributed by atoms with Gasteiger partial charge in [0.25, 0.3) is 0 Å². The fourth-order valence-electron chi connectivity index (χ4n) is 4.65. The Balaban J connectivity index is 1.41. The molecule has 0 heterocycles. The summed E-state index contributed by atoms with van der Waals surface area (Å²) in [6, 6.07) is 1.17. The van der Waals surface area contributed by atoms with Gasteiger partial charge in [0, 0.05) is 12.1 Å². The minimum atomic E-state index is 0.580. The van der Waals surface area contributed by atoms with E-state index < -0.39 is 0 Å². The van der Waals surface area contributed by atoms with Gasteiger partial charge in [-0.15, -0.1) is 0 Å². The van der Waals surface area contributed by atoms with E-state index in [-0.39, 0.29) is 0 Å². The monoisotopic (exact) mass is 334 g/mol. The number of fused-ring (bicyclic) bond motifs is 2. The summed E-state index contributed by atoms with van der Waals surface area (Å²) in [7, 11) is 0. The van der Waals surface area contributed by atoms with Gasteiger partial charge in [-0.05, 0) is 49.7 Å². The Hall–Kier alpha value is -0.570. The van der Waals surface area contributed by atoms with Crippen molar-refractivity contribution in [3.63, 3.8) is 0 Å². The highest BCUT2D eigenvalue weighted by Gasteiger charge is 2.35. The molecule has 3 unspecified atom stereocenters. The van der Waals surface area contributed by atoms with E-state index in [1.165, 1.54) is 83.5 Å². The summed E-state index contributed by atoms with van der Waals surface area (Å²) in [6.45, 7) is 0. The number of rotatable bonds is 2. The minimum Gasteiger partial charge on any atom is -0.360 e. The Labute approximate surface area is 147 Å². The topological polar surface area (TPSA) is 24.1 Å². The molecule has 2 fully saturated rings. The average Bonchev–Trinajstić information content (AvgIpc) is 3.12. The molecule has 0 aromatic rings. The lowest BCUT2D eigenvalue weighted by Gasteiger charge is -2.26. The van der Waals surface area contributed by atoms with Crippen LogP contribution >= 0.6 is 12.2 Å². The molecule has 0 radical (unpaired) electrons. The molecule has 0 spiro atoms. The molecule has 0 aromatic carbocycles. The van der Waals surface area contributed by atoms with Crippen molar-refractivity contribution in [2.24, 2.45) is 11.8 Å². The van der Waals surface area contributed by atoms with Crippen LogP contribution in [0.2, 0.25) is 0 Å². The van der Waals surface area contributed by atoms with E-state index in [0.29, 0.717) is 12.1 Å². The molecule has 0 saturated heterocycles. The lowest BCUT2D eigenvalue weighted by atomic mass is 9.98. The third-order valence-corrected chi connectivity index (χ3v) is 6.27. The molecule has 2 saturated carbocycles. The molecule has 2 N–H and O–H groups in total. The minimum absolute atomic E-state index is 0.580. The van der Waals surface area contributed by atoms with Gasteiger partial charge in [-0.1, -0.05) is 69.9 Å². The Morgan fingerprint density at radius 1 is 0.739 bits per heavy atom. The van der Waals surface area contributed by atoms with Crippen LogP contribution in [0.3, 0.4) is 0 Å². The fraction of sp³-hybridized carbons (Fsp3) is 0.850. The summed E-state index contributed by atoms with van der Waals surface area (Å²) in [6.07, 6.45) is 22.7. The lowest BCUT2D eigenvalue weighted by Crippen LogP contribution is -2.47. The van der Waals surface area contributed by atoms with Crippen LogP contribution in [0.1, 0.15) is 83.5 Å². The standard InChI is InChI=1S/C20H34N2S/c23-20(22-19-15-16-12-13-17(19)14-16)21-18-10-8-6-4-2-1-3-5-7-9-11-18/h12-13,16-19H,1-11,14-15H2,(H2,21,22,23). The molecule has 3 aliphatic carbocycles. The van der Waals surface area contributed by atoms with Gasteiger partial charge in [0.05, 0.1) is 0 Å². The molecule has 3 heteroatoms. The maximum Gasteiger partial charge on any atom is 0.166 e. The average molecular weight is 335 g/mol. The van der Waals surface area contributed by atoms with Crippen molar-refractivity contribution in [1.82, 2.24) is 10.6 Å². The maximum absolute atomic E-state index is 5.63. The highest BCUT2D eigenvalue weighted by Crippen LogP contribution is 2.38. The van der Waals surface area contributed by atoms with E-state index in [2.05, 4.69) is 22.8 Å². The van der Waals surface area contributed by atoms with Crippen molar-refractivity contribution in [2.75, 3.05) is 0 Å². The van der Waals surface area contributed by atoms with Crippen molar-refractivity contribution in [3.8, 4) is 0 Å². The summed E-state index contributed by atoms with van der Waals surface area (Å²) in [5, 5.41) is 8.18. The van der Waals surface area contributed by atoms with E-state index in [1.807, 2.05) is 0 Å². The van der Waals surface area contributed by atoms with Crippen molar-refractivity contribution in [1.29, 1.82) is 0 Å². The summed E-state index contributed by atoms with van der Waals surface area (Å²) < 4.78 is 0. The van der Waals surface area contributed by atoms with Crippen LogP contribution in [-0.2, 0) is 0 Å². The van der Waals surface area contributed by atoms with Crippen molar-refractivity contribution < 1.29 is 0 Å². The third-order valence-electron chi connectivity index (χ3n) is 6.04. The number of nitrogens with one attached hydrogen (secondary N) is 2. The van der Waals surface area contributed by atoms with Gasteiger partial charge < -0.3 is 10.6 Å². The van der Waals surface area contributed by atoms with E-state index in [4.69, 9.17) is 12.2 Å². The Kier molecular flexibility index (Phi) is 6.79. The van der Waals surface area contributed by atoms with E-state index in [0.717, 1.165) is 16.9 Å². The second-order valence-electron chi connectivity index (χ2n) is 7.96. The largest absolute Gasteiger partial charge is 0.360 e. The first-order chi connectivity index (χ1) is 11.3. The smallest absolute Gasteiger partial charge is 0.166 e. The van der Waals surface area contributed by atoms with Crippen LogP contribution in [-0.4, -0.2) is 17.2 Å². The molecule has 3 rings (SSSR count). The molecule has 23 heavy (non-hydrogen) atoms. The van der Waals surface area contributed by atoms with Crippen LogP contribution in [0.4, 0.5) is 0 Å². The normalized spacial score (nSPS) is 33.0. The van der Waals surface area contributed by atoms with Crippen LogP contribution in [0.15, 0.2) is 12.2 Å². The molecule has 0 amide bonds. The van der Waals surface area contributed by atoms with Gasteiger partial charge in [-0.2, -0.15) is 0 Å². The zero-order chi connectivity index (χ0) is 15.9. The van der Waals surface area contributed by atoms with Gasteiger partial charge in [0.2, 0.25) is 0 Å². The summed E-state index contributed by atoms with van der Waals surface area (Å²) in [5.41, 5.74) is 0. The molecule has 0 aromatic heterocycles. The van der Waals surface area contributed by atoms with Crippen LogP contribution in [0.5, 0.6) is 0 Å². The van der Waals surface area contributed by atoms with E-state index in [9.17, 15) is 0 Å². The molecule has 2 bridgehead atoms. The fourth-order valence-corrected chi connectivity index (χ4v) is 4.97. The van der Waals surface area contributed by atoms with Crippen LogP contribution in [0.25, 0.3) is 0 Å². The second kappa shape index (κ2) is 9.05.